The van der Waals surface area contributed by atoms with Crippen molar-refractivity contribution in [3.63, 3.8) is 0 Å². The van der Waals surface area contributed by atoms with Crippen LogP contribution in [-0.4, -0.2) is 46.3 Å². The summed E-state index contributed by atoms with van der Waals surface area (Å²) in [6.45, 7) is 8.12. The lowest BCUT2D eigenvalue weighted by Gasteiger charge is -2.60. The number of hydrogen-bond donors (Lipinski definition) is 0. The average Bonchev–Trinajstić information content (AvgIpc) is 3.17. The van der Waals surface area contributed by atoms with Crippen LogP contribution in [0.2, 0.25) is 0 Å². The molecular weight excluding hydrogens is 416 g/mol. The quantitative estimate of drug-likeness (QED) is 0.234. The Bertz CT molecular complexity index is 706. The maximum absolute atomic E-state index is 11.0. The molecule has 0 amide bonds. The zero-order valence-electron chi connectivity index (χ0n) is 21.5. The molecule has 4 rings (SSSR count). The molecule has 5 nitrogen and oxygen atoms in total. The molecule has 5 heteroatoms. The molecule has 3 fully saturated rings. The van der Waals surface area contributed by atoms with Crippen LogP contribution in [0.1, 0.15) is 78.6 Å². The highest BCUT2D eigenvalue weighted by Crippen LogP contribution is 2.67. The predicted molar refractivity (Wildman–Crippen MR) is 129 cm³/mol. The number of aldehydes is 1. The van der Waals surface area contributed by atoms with Gasteiger partial charge in [0.05, 0.1) is 12.2 Å². The molecule has 0 spiro atoms. The lowest BCUT2D eigenvalue weighted by Crippen LogP contribution is -2.56. The molecule has 3 saturated carbocycles. The molecule has 0 saturated heterocycles. The molecule has 0 aliphatic heterocycles. The van der Waals surface area contributed by atoms with Crippen molar-refractivity contribution in [1.82, 2.24) is 0 Å². The van der Waals surface area contributed by atoms with Crippen molar-refractivity contribution in [2.75, 3.05) is 27.8 Å². The first kappa shape index (κ1) is 25.3. The number of methoxy groups -OCH3 is 2. The fourth-order valence-corrected chi connectivity index (χ4v) is 8.85. The topological polar surface area (TPSA) is 54.0 Å². The van der Waals surface area contributed by atoms with Crippen LogP contribution >= 0.6 is 0 Å². The van der Waals surface area contributed by atoms with Gasteiger partial charge in [-0.2, -0.15) is 0 Å². The van der Waals surface area contributed by atoms with Crippen LogP contribution in [0.25, 0.3) is 0 Å². The van der Waals surface area contributed by atoms with E-state index in [1.165, 1.54) is 37.7 Å². The standard InChI is InChI=1S/C28H46O5/c1-19(7-6-14-29)23-10-11-24-22-9-8-20-15-21(32-17-30-4)16-26(33-18-31-5)28(20,3)25(22)12-13-27(23,24)2/h8,14,19,21-26H,6-7,9-13,15-18H2,1-5H3/t19-,21-,22+,23-,24+,25+,26+,27-,28+/m1/s1. The fraction of sp³-hybridized carbons (Fsp3) is 0.893. The number of allylic oxidation sites excluding steroid dienone is 1. The van der Waals surface area contributed by atoms with Crippen LogP contribution in [0.5, 0.6) is 0 Å². The van der Waals surface area contributed by atoms with Gasteiger partial charge in [0.15, 0.2) is 0 Å². The maximum Gasteiger partial charge on any atom is 0.146 e. The normalized spacial score (nSPS) is 43.2. The lowest BCUT2D eigenvalue weighted by atomic mass is 9.46. The minimum atomic E-state index is 0.0525. The van der Waals surface area contributed by atoms with E-state index >= 15 is 0 Å². The van der Waals surface area contributed by atoms with Crippen LogP contribution in [0.15, 0.2) is 11.6 Å². The summed E-state index contributed by atoms with van der Waals surface area (Å²) >= 11 is 0. The van der Waals surface area contributed by atoms with Gasteiger partial charge in [-0.05, 0) is 80.0 Å². The third kappa shape index (κ3) is 4.48. The zero-order chi connectivity index (χ0) is 23.6. The Hall–Kier alpha value is -0.750. The van der Waals surface area contributed by atoms with E-state index in [9.17, 15) is 4.79 Å². The zero-order valence-corrected chi connectivity index (χ0v) is 21.5. The first-order valence-corrected chi connectivity index (χ1v) is 13.2. The predicted octanol–water partition coefficient (Wildman–Crippen LogP) is 5.77. The smallest absolute Gasteiger partial charge is 0.146 e. The van der Waals surface area contributed by atoms with Crippen molar-refractivity contribution in [1.29, 1.82) is 0 Å². The van der Waals surface area contributed by atoms with E-state index in [0.717, 1.165) is 43.3 Å². The van der Waals surface area contributed by atoms with Crippen LogP contribution in [-0.2, 0) is 23.7 Å². The Balaban J connectivity index is 1.58. The fourth-order valence-electron chi connectivity index (χ4n) is 8.85. The number of carbonyl (C=O) groups is 1. The first-order valence-electron chi connectivity index (χ1n) is 13.2. The summed E-state index contributed by atoms with van der Waals surface area (Å²) in [5.74, 6) is 3.55. The Morgan fingerprint density at radius 1 is 1.09 bits per heavy atom. The Morgan fingerprint density at radius 2 is 1.85 bits per heavy atom. The van der Waals surface area contributed by atoms with Gasteiger partial charge < -0.3 is 23.7 Å². The molecule has 33 heavy (non-hydrogen) atoms. The SMILES string of the molecule is COCO[C@@H]1CC2=CC[C@H]3[C@@H]4CC[C@H]([C@H](C)CCC=O)[C@@]4(C)CC[C@@H]3[C@@]2(C)[C@@H](OCOC)C1. The largest absolute Gasteiger partial charge is 0.359 e. The highest BCUT2D eigenvalue weighted by Gasteiger charge is 2.61. The van der Waals surface area contributed by atoms with Crippen molar-refractivity contribution in [2.24, 2.45) is 40.4 Å². The van der Waals surface area contributed by atoms with Gasteiger partial charge in [0, 0.05) is 32.5 Å². The summed E-state index contributed by atoms with van der Waals surface area (Å²) in [4.78, 5) is 11.0. The van der Waals surface area contributed by atoms with E-state index in [1.807, 2.05) is 0 Å². The van der Waals surface area contributed by atoms with Crippen LogP contribution in [0.3, 0.4) is 0 Å². The monoisotopic (exact) mass is 462 g/mol. The highest BCUT2D eigenvalue weighted by atomic mass is 16.7. The number of hydrogen-bond acceptors (Lipinski definition) is 5. The summed E-state index contributed by atoms with van der Waals surface area (Å²) in [7, 11) is 3.39. The van der Waals surface area contributed by atoms with Crippen LogP contribution in [0.4, 0.5) is 0 Å². The summed E-state index contributed by atoms with van der Waals surface area (Å²) in [5, 5.41) is 0. The molecule has 0 aromatic carbocycles. The molecule has 0 aromatic rings. The van der Waals surface area contributed by atoms with E-state index in [-0.39, 0.29) is 17.6 Å². The summed E-state index contributed by atoms with van der Waals surface area (Å²) in [6, 6.07) is 0. The third-order valence-corrected chi connectivity index (χ3v) is 10.4. The van der Waals surface area contributed by atoms with E-state index < -0.39 is 0 Å². The van der Waals surface area contributed by atoms with E-state index in [4.69, 9.17) is 18.9 Å². The van der Waals surface area contributed by atoms with Gasteiger partial charge in [0.25, 0.3) is 0 Å². The molecule has 188 valence electrons. The van der Waals surface area contributed by atoms with Gasteiger partial charge >= 0.3 is 0 Å². The molecule has 0 aromatic heterocycles. The van der Waals surface area contributed by atoms with Crippen molar-refractivity contribution >= 4 is 6.29 Å². The molecule has 4 aliphatic carbocycles. The molecule has 0 unspecified atom stereocenters. The average molecular weight is 463 g/mol. The van der Waals surface area contributed by atoms with Crippen molar-refractivity contribution < 1.29 is 23.7 Å². The van der Waals surface area contributed by atoms with E-state index in [2.05, 4.69) is 26.8 Å². The van der Waals surface area contributed by atoms with Gasteiger partial charge in [-0.15, -0.1) is 0 Å². The molecule has 0 heterocycles. The summed E-state index contributed by atoms with van der Waals surface area (Å²) in [5.41, 5.74) is 2.00. The van der Waals surface area contributed by atoms with Crippen LogP contribution < -0.4 is 0 Å². The Labute approximate surface area is 200 Å². The highest BCUT2D eigenvalue weighted by molar-refractivity contribution is 5.49. The second kappa shape index (κ2) is 10.5. The Morgan fingerprint density at radius 3 is 2.58 bits per heavy atom. The Kier molecular flexibility index (Phi) is 8.04. The molecule has 0 radical (unpaired) electrons. The third-order valence-electron chi connectivity index (χ3n) is 10.4. The van der Waals surface area contributed by atoms with Gasteiger partial charge in [0.1, 0.15) is 19.9 Å². The first-order chi connectivity index (χ1) is 15.9. The minimum absolute atomic E-state index is 0.0525. The maximum atomic E-state index is 11.0. The summed E-state index contributed by atoms with van der Waals surface area (Å²) in [6.07, 6.45) is 14.0. The van der Waals surface area contributed by atoms with Gasteiger partial charge in [-0.1, -0.05) is 32.4 Å². The van der Waals surface area contributed by atoms with E-state index in [1.54, 1.807) is 14.2 Å². The molecule has 0 bridgehead atoms. The number of ether oxygens (including phenoxy) is 4. The lowest BCUT2D eigenvalue weighted by molar-refractivity contribution is -0.179. The van der Waals surface area contributed by atoms with Gasteiger partial charge in [-0.3, -0.25) is 0 Å². The van der Waals surface area contributed by atoms with Crippen molar-refractivity contribution in [3.8, 4) is 0 Å². The second-order valence-electron chi connectivity index (χ2n) is 11.8. The van der Waals surface area contributed by atoms with E-state index in [0.29, 0.717) is 37.3 Å². The number of rotatable bonds is 10. The van der Waals surface area contributed by atoms with Crippen LogP contribution in [0, 0.1) is 40.4 Å². The van der Waals surface area contributed by atoms with Crippen molar-refractivity contribution in [3.05, 3.63) is 11.6 Å². The van der Waals surface area contributed by atoms with Gasteiger partial charge in [0.2, 0.25) is 0 Å². The molecule has 0 N–H and O–H groups in total. The number of fused-ring (bicyclic) bond motifs is 5. The minimum Gasteiger partial charge on any atom is -0.359 e. The summed E-state index contributed by atoms with van der Waals surface area (Å²) < 4.78 is 23.0. The van der Waals surface area contributed by atoms with Crippen molar-refractivity contribution in [2.45, 2.75) is 90.8 Å². The molecule has 9 atom stereocenters. The molecule has 4 aliphatic rings. The number of carbonyl (C=O) groups excluding carboxylic acids is 1. The second-order valence-corrected chi connectivity index (χ2v) is 11.8. The van der Waals surface area contributed by atoms with Gasteiger partial charge in [-0.25, -0.2) is 0 Å². The molecular formula is C28H46O5.